The lowest BCUT2D eigenvalue weighted by Crippen LogP contribution is -2.36. The Hall–Kier alpha value is -1.06. The maximum absolute atomic E-state index is 6.10. The number of nitrogens with zero attached hydrogens (tertiary/aromatic N) is 1. The van der Waals surface area contributed by atoms with Gasteiger partial charge in [0.25, 0.3) is 0 Å². The van der Waals surface area contributed by atoms with E-state index in [1.807, 2.05) is 0 Å². The minimum atomic E-state index is 0.246. The average molecular weight is 218 g/mol. The molecule has 0 aromatic heterocycles. The molecule has 1 atom stereocenters. The minimum absolute atomic E-state index is 0.246. The number of hydrogen-bond donors (Lipinski definition) is 1. The molecular formula is C13H18N2O. The van der Waals surface area contributed by atoms with Crippen molar-refractivity contribution in [3.05, 3.63) is 29.3 Å². The van der Waals surface area contributed by atoms with Crippen LogP contribution in [0.5, 0.6) is 0 Å². The predicted molar refractivity (Wildman–Crippen MR) is 64.7 cm³/mol. The van der Waals surface area contributed by atoms with Crippen LogP contribution in [-0.2, 0) is 11.2 Å². The van der Waals surface area contributed by atoms with Gasteiger partial charge in [-0.05, 0) is 36.1 Å². The molecule has 3 heteroatoms. The Bertz CT molecular complexity index is 386. The van der Waals surface area contributed by atoms with Crippen LogP contribution in [0.25, 0.3) is 0 Å². The van der Waals surface area contributed by atoms with Gasteiger partial charge in [0.1, 0.15) is 0 Å². The lowest BCUT2D eigenvalue weighted by atomic mass is 10.1. The van der Waals surface area contributed by atoms with Crippen LogP contribution < -0.4 is 10.6 Å². The average Bonchev–Trinajstić information content (AvgIpc) is 2.72. The van der Waals surface area contributed by atoms with Crippen molar-refractivity contribution in [1.82, 2.24) is 0 Å². The molecule has 1 aliphatic heterocycles. The van der Waals surface area contributed by atoms with E-state index in [4.69, 9.17) is 10.5 Å². The predicted octanol–water partition coefficient (Wildman–Crippen LogP) is 1.47. The Labute approximate surface area is 96.2 Å². The molecule has 1 aliphatic carbocycles. The third-order valence-corrected chi connectivity index (χ3v) is 3.63. The van der Waals surface area contributed by atoms with Crippen LogP contribution in [0.2, 0.25) is 0 Å². The summed E-state index contributed by atoms with van der Waals surface area (Å²) in [7, 11) is 0. The summed E-state index contributed by atoms with van der Waals surface area (Å²) in [4.78, 5) is 2.38. The first-order valence-corrected chi connectivity index (χ1v) is 6.06. The molecule has 3 nitrogen and oxygen atoms in total. The molecule has 86 valence electrons. The molecule has 0 bridgehead atoms. The Kier molecular flexibility index (Phi) is 2.58. The van der Waals surface area contributed by atoms with Crippen LogP contribution >= 0.6 is 0 Å². The van der Waals surface area contributed by atoms with Crippen LogP contribution in [0.3, 0.4) is 0 Å². The van der Waals surface area contributed by atoms with Crippen molar-refractivity contribution in [3.63, 3.8) is 0 Å². The number of nitrogens with two attached hydrogens (primary N) is 1. The van der Waals surface area contributed by atoms with Gasteiger partial charge in [0.05, 0.1) is 13.2 Å². The van der Waals surface area contributed by atoms with Crippen LogP contribution in [0.4, 0.5) is 5.69 Å². The summed E-state index contributed by atoms with van der Waals surface area (Å²) in [5, 5.41) is 0. The topological polar surface area (TPSA) is 38.5 Å². The summed E-state index contributed by atoms with van der Waals surface area (Å²) < 4.78 is 5.37. The molecule has 1 aromatic carbocycles. The standard InChI is InChI=1S/C13H18N2O/c14-13-4-2-10-1-3-11(9-12(10)13)15-5-7-16-8-6-15/h1,3,9,13H,2,4-8,14H2. The molecule has 0 spiro atoms. The molecule has 1 saturated heterocycles. The van der Waals surface area contributed by atoms with Crippen molar-refractivity contribution in [2.45, 2.75) is 18.9 Å². The number of hydrogen-bond acceptors (Lipinski definition) is 3. The first-order valence-electron chi connectivity index (χ1n) is 6.06. The van der Waals surface area contributed by atoms with E-state index in [9.17, 15) is 0 Å². The van der Waals surface area contributed by atoms with E-state index >= 15 is 0 Å². The van der Waals surface area contributed by atoms with Gasteiger partial charge in [-0.25, -0.2) is 0 Å². The highest BCUT2D eigenvalue weighted by atomic mass is 16.5. The number of morpholine rings is 1. The largest absolute Gasteiger partial charge is 0.378 e. The Morgan fingerprint density at radius 2 is 2.06 bits per heavy atom. The van der Waals surface area contributed by atoms with Crippen LogP contribution in [0.1, 0.15) is 23.6 Å². The van der Waals surface area contributed by atoms with Gasteiger partial charge in [0.15, 0.2) is 0 Å². The normalized spacial score (nSPS) is 24.6. The third kappa shape index (κ3) is 1.70. The van der Waals surface area contributed by atoms with Crippen molar-refractivity contribution < 1.29 is 4.74 Å². The second-order valence-electron chi connectivity index (χ2n) is 4.63. The van der Waals surface area contributed by atoms with E-state index in [1.165, 1.54) is 16.8 Å². The van der Waals surface area contributed by atoms with Crippen molar-refractivity contribution >= 4 is 5.69 Å². The van der Waals surface area contributed by atoms with Crippen LogP contribution in [0, 0.1) is 0 Å². The molecule has 1 aromatic rings. The van der Waals surface area contributed by atoms with Crippen molar-refractivity contribution in [2.24, 2.45) is 5.73 Å². The van der Waals surface area contributed by atoms with Crippen molar-refractivity contribution in [2.75, 3.05) is 31.2 Å². The zero-order valence-corrected chi connectivity index (χ0v) is 9.48. The number of rotatable bonds is 1. The summed E-state index contributed by atoms with van der Waals surface area (Å²) in [6.07, 6.45) is 2.24. The SMILES string of the molecule is NC1CCc2ccc(N3CCOCC3)cc21. The zero-order valence-electron chi connectivity index (χ0n) is 9.48. The third-order valence-electron chi connectivity index (χ3n) is 3.63. The molecule has 2 N–H and O–H groups in total. The number of ether oxygens (including phenoxy) is 1. The van der Waals surface area contributed by atoms with Gasteiger partial charge >= 0.3 is 0 Å². The molecule has 1 heterocycles. The minimum Gasteiger partial charge on any atom is -0.378 e. The molecule has 1 fully saturated rings. The van der Waals surface area contributed by atoms with E-state index in [1.54, 1.807) is 0 Å². The highest BCUT2D eigenvalue weighted by molar-refractivity contribution is 5.53. The Balaban J connectivity index is 1.88. The number of fused-ring (bicyclic) bond motifs is 1. The molecular weight excluding hydrogens is 200 g/mol. The fourth-order valence-electron chi connectivity index (χ4n) is 2.64. The number of anilines is 1. The lowest BCUT2D eigenvalue weighted by Gasteiger charge is -2.29. The quantitative estimate of drug-likeness (QED) is 0.775. The molecule has 16 heavy (non-hydrogen) atoms. The van der Waals surface area contributed by atoms with E-state index in [-0.39, 0.29) is 6.04 Å². The summed E-state index contributed by atoms with van der Waals surface area (Å²) in [6, 6.07) is 6.99. The van der Waals surface area contributed by atoms with E-state index in [2.05, 4.69) is 23.1 Å². The molecule has 0 radical (unpaired) electrons. The van der Waals surface area contributed by atoms with Crippen LogP contribution in [-0.4, -0.2) is 26.3 Å². The van der Waals surface area contributed by atoms with E-state index in [0.29, 0.717) is 0 Å². The highest BCUT2D eigenvalue weighted by Crippen LogP contribution is 2.32. The fourth-order valence-corrected chi connectivity index (χ4v) is 2.64. The monoisotopic (exact) mass is 218 g/mol. The van der Waals surface area contributed by atoms with E-state index in [0.717, 1.165) is 39.1 Å². The van der Waals surface area contributed by atoms with Crippen molar-refractivity contribution in [1.29, 1.82) is 0 Å². The maximum Gasteiger partial charge on any atom is 0.0642 e. The van der Waals surface area contributed by atoms with Gasteiger partial charge < -0.3 is 15.4 Å². The van der Waals surface area contributed by atoms with Crippen molar-refractivity contribution in [3.8, 4) is 0 Å². The molecule has 1 unspecified atom stereocenters. The summed E-state index contributed by atoms with van der Waals surface area (Å²) in [5.74, 6) is 0. The fraction of sp³-hybridized carbons (Fsp3) is 0.538. The first kappa shape index (κ1) is 10.1. The number of benzene rings is 1. The van der Waals surface area contributed by atoms with Gasteiger partial charge in [-0.1, -0.05) is 6.07 Å². The molecule has 3 rings (SSSR count). The van der Waals surface area contributed by atoms with Crippen LogP contribution in [0.15, 0.2) is 18.2 Å². The van der Waals surface area contributed by atoms with Gasteiger partial charge in [-0.3, -0.25) is 0 Å². The highest BCUT2D eigenvalue weighted by Gasteiger charge is 2.20. The second kappa shape index (κ2) is 4.07. The van der Waals surface area contributed by atoms with Gasteiger partial charge in [-0.15, -0.1) is 0 Å². The summed E-state index contributed by atoms with van der Waals surface area (Å²) in [6.45, 7) is 3.66. The molecule has 2 aliphatic rings. The Morgan fingerprint density at radius 3 is 2.88 bits per heavy atom. The maximum atomic E-state index is 6.10. The number of aryl methyl sites for hydroxylation is 1. The lowest BCUT2D eigenvalue weighted by molar-refractivity contribution is 0.122. The molecule has 0 amide bonds. The Morgan fingerprint density at radius 1 is 1.25 bits per heavy atom. The first-order chi connectivity index (χ1) is 7.84. The summed E-state index contributed by atoms with van der Waals surface area (Å²) >= 11 is 0. The molecule has 0 saturated carbocycles. The zero-order chi connectivity index (χ0) is 11.0. The van der Waals surface area contributed by atoms with Gasteiger partial charge in [0, 0.05) is 24.8 Å². The second-order valence-corrected chi connectivity index (χ2v) is 4.63. The van der Waals surface area contributed by atoms with E-state index < -0.39 is 0 Å². The summed E-state index contributed by atoms with van der Waals surface area (Å²) in [5.41, 5.74) is 10.2. The van der Waals surface area contributed by atoms with Gasteiger partial charge in [-0.2, -0.15) is 0 Å². The van der Waals surface area contributed by atoms with Gasteiger partial charge in [0.2, 0.25) is 0 Å². The smallest absolute Gasteiger partial charge is 0.0642 e.